The second-order valence-electron chi connectivity index (χ2n) is 7.23. The number of benzene rings is 1. The van der Waals surface area contributed by atoms with Gasteiger partial charge in [0, 0.05) is 18.5 Å². The van der Waals surface area contributed by atoms with Crippen LogP contribution in [0, 0.1) is 5.92 Å². The van der Waals surface area contributed by atoms with Crippen molar-refractivity contribution in [3.8, 4) is 0 Å². The van der Waals surface area contributed by atoms with E-state index in [-0.39, 0.29) is 0 Å². The molecule has 0 N–H and O–H groups in total. The van der Waals surface area contributed by atoms with Crippen molar-refractivity contribution < 1.29 is 4.79 Å². The van der Waals surface area contributed by atoms with E-state index >= 15 is 0 Å². The number of ketones is 1. The van der Waals surface area contributed by atoms with Crippen molar-refractivity contribution in [3.63, 3.8) is 0 Å². The van der Waals surface area contributed by atoms with E-state index < -0.39 is 8.07 Å². The van der Waals surface area contributed by atoms with Crippen LogP contribution in [0.5, 0.6) is 0 Å². The van der Waals surface area contributed by atoms with Crippen molar-refractivity contribution >= 4 is 24.9 Å². The van der Waals surface area contributed by atoms with Crippen molar-refractivity contribution in [2.45, 2.75) is 51.0 Å². The maximum absolute atomic E-state index is 11.9. The Kier molecular flexibility index (Phi) is 3.69. The van der Waals surface area contributed by atoms with E-state index in [1.807, 2.05) is 18.2 Å². The molecule has 0 bridgehead atoms. The Balaban J connectivity index is 2.05. The van der Waals surface area contributed by atoms with Gasteiger partial charge in [-0.2, -0.15) is 0 Å². The highest BCUT2D eigenvalue weighted by molar-refractivity contribution is 6.76. The van der Waals surface area contributed by atoms with Gasteiger partial charge in [-0.05, 0) is 30.9 Å². The fourth-order valence-electron chi connectivity index (χ4n) is 3.69. The summed E-state index contributed by atoms with van der Waals surface area (Å²) in [7, 11) is -1.52. The van der Waals surface area contributed by atoms with Crippen LogP contribution in [-0.2, 0) is 4.79 Å². The highest BCUT2D eigenvalue weighted by Crippen LogP contribution is 2.38. The van der Waals surface area contributed by atoms with Gasteiger partial charge in [0.25, 0.3) is 0 Å². The van der Waals surface area contributed by atoms with E-state index in [0.717, 1.165) is 30.3 Å². The van der Waals surface area contributed by atoms with Crippen molar-refractivity contribution in [2.24, 2.45) is 5.92 Å². The smallest absolute Gasteiger partial charge is 0.133 e. The van der Waals surface area contributed by atoms with E-state index in [4.69, 9.17) is 0 Å². The standard InChI is InChI=1S/C16H23N3OSi/c1-21(2,3)16(12-7-6-8-13(20)11-12)19-15-10-5-4-9-14(15)17-18-19/h4-5,9-10,12,16H,6-8,11H2,1-3H3. The van der Waals surface area contributed by atoms with Crippen molar-refractivity contribution in [1.82, 2.24) is 15.0 Å². The van der Waals surface area contributed by atoms with Gasteiger partial charge in [0.2, 0.25) is 0 Å². The molecule has 4 nitrogen and oxygen atoms in total. The van der Waals surface area contributed by atoms with E-state index in [0.29, 0.717) is 23.8 Å². The van der Waals surface area contributed by atoms with E-state index in [1.54, 1.807) is 0 Å². The first kappa shape index (κ1) is 14.4. The Labute approximate surface area is 126 Å². The number of carbonyl (C=O) groups is 1. The molecule has 1 aromatic carbocycles. The molecule has 1 saturated carbocycles. The molecule has 0 aliphatic heterocycles. The summed E-state index contributed by atoms with van der Waals surface area (Å²) in [6, 6.07) is 8.13. The minimum absolute atomic E-state index is 0.342. The number of Topliss-reactive ketones (excluding diaryl/α,β-unsaturated/α-hetero) is 1. The average Bonchev–Trinajstić information content (AvgIpc) is 2.82. The second-order valence-corrected chi connectivity index (χ2v) is 12.6. The third-order valence-electron chi connectivity index (χ3n) is 4.50. The van der Waals surface area contributed by atoms with Crippen LogP contribution in [0.2, 0.25) is 19.6 Å². The van der Waals surface area contributed by atoms with Gasteiger partial charge in [-0.1, -0.05) is 37.0 Å². The summed E-state index contributed by atoms with van der Waals surface area (Å²) in [5, 5.41) is 8.77. The van der Waals surface area contributed by atoms with Crippen LogP contribution in [0.1, 0.15) is 31.3 Å². The first-order valence-electron chi connectivity index (χ1n) is 7.78. The van der Waals surface area contributed by atoms with Gasteiger partial charge in [0.15, 0.2) is 0 Å². The van der Waals surface area contributed by atoms with Crippen molar-refractivity contribution in [1.29, 1.82) is 0 Å². The number of para-hydroxylation sites is 1. The third kappa shape index (κ3) is 2.79. The summed E-state index contributed by atoms with van der Waals surface area (Å²) in [4.78, 5) is 11.9. The largest absolute Gasteiger partial charge is 0.300 e. The zero-order valence-electron chi connectivity index (χ0n) is 13.0. The van der Waals surface area contributed by atoms with Gasteiger partial charge in [0.1, 0.15) is 11.3 Å². The number of fused-ring (bicyclic) bond motifs is 1. The fourth-order valence-corrected chi connectivity index (χ4v) is 6.32. The average molecular weight is 301 g/mol. The lowest BCUT2D eigenvalue weighted by molar-refractivity contribution is -0.121. The predicted octanol–water partition coefficient (Wildman–Crippen LogP) is 3.61. The molecule has 5 heteroatoms. The molecule has 2 aromatic rings. The Bertz CT molecular complexity index is 659. The predicted molar refractivity (Wildman–Crippen MR) is 86.9 cm³/mol. The number of carbonyl (C=O) groups excluding carboxylic acids is 1. The van der Waals surface area contributed by atoms with Crippen LogP contribution >= 0.6 is 0 Å². The lowest BCUT2D eigenvalue weighted by Gasteiger charge is -2.37. The van der Waals surface area contributed by atoms with E-state index in [9.17, 15) is 4.79 Å². The maximum Gasteiger partial charge on any atom is 0.133 e. The molecule has 0 saturated heterocycles. The van der Waals surface area contributed by atoms with Crippen LogP contribution < -0.4 is 0 Å². The monoisotopic (exact) mass is 301 g/mol. The zero-order valence-corrected chi connectivity index (χ0v) is 14.0. The molecule has 21 heavy (non-hydrogen) atoms. The van der Waals surface area contributed by atoms with Gasteiger partial charge < -0.3 is 0 Å². The molecule has 1 heterocycles. The summed E-state index contributed by atoms with van der Waals surface area (Å²) in [5.74, 6) is 0.835. The Morgan fingerprint density at radius 3 is 2.76 bits per heavy atom. The molecular weight excluding hydrogens is 278 g/mol. The minimum Gasteiger partial charge on any atom is -0.300 e. The highest BCUT2D eigenvalue weighted by atomic mass is 28.3. The van der Waals surface area contributed by atoms with Gasteiger partial charge >= 0.3 is 0 Å². The zero-order chi connectivity index (χ0) is 15.0. The third-order valence-corrected chi connectivity index (χ3v) is 6.99. The summed E-state index contributed by atoms with van der Waals surface area (Å²) in [5.41, 5.74) is 2.39. The van der Waals surface area contributed by atoms with E-state index in [2.05, 4.69) is 40.7 Å². The maximum atomic E-state index is 11.9. The molecule has 0 spiro atoms. The topological polar surface area (TPSA) is 47.8 Å². The van der Waals surface area contributed by atoms with Crippen molar-refractivity contribution in [3.05, 3.63) is 24.3 Å². The summed E-state index contributed by atoms with van der Waals surface area (Å²) < 4.78 is 2.12. The number of nitrogens with zero attached hydrogens (tertiary/aromatic N) is 3. The van der Waals surface area contributed by atoms with Crippen LogP contribution in [0.3, 0.4) is 0 Å². The number of hydrogen-bond acceptors (Lipinski definition) is 3. The Hall–Kier alpha value is -1.49. The summed E-state index contributed by atoms with van der Waals surface area (Å²) >= 11 is 0. The fraction of sp³-hybridized carbons (Fsp3) is 0.562. The molecule has 2 atom stereocenters. The first-order valence-corrected chi connectivity index (χ1v) is 11.4. The summed E-state index contributed by atoms with van der Waals surface area (Å²) in [6.45, 7) is 7.10. The molecule has 0 amide bonds. The highest BCUT2D eigenvalue weighted by Gasteiger charge is 2.38. The summed E-state index contributed by atoms with van der Waals surface area (Å²) in [6.07, 6.45) is 3.63. The molecule has 0 radical (unpaired) electrons. The van der Waals surface area contributed by atoms with Crippen molar-refractivity contribution in [2.75, 3.05) is 0 Å². The normalized spacial score (nSPS) is 21.7. The second kappa shape index (κ2) is 5.37. The first-order chi connectivity index (χ1) is 9.97. The molecule has 3 rings (SSSR count). The minimum atomic E-state index is -1.52. The van der Waals surface area contributed by atoms with Gasteiger partial charge in [-0.25, -0.2) is 4.68 Å². The number of hydrogen-bond donors (Lipinski definition) is 0. The molecule has 2 unspecified atom stereocenters. The molecule has 1 fully saturated rings. The van der Waals surface area contributed by atoms with Crippen LogP contribution in [0.4, 0.5) is 0 Å². The molecule has 112 valence electrons. The number of aromatic nitrogens is 3. The lowest BCUT2D eigenvalue weighted by Crippen LogP contribution is -2.42. The van der Waals surface area contributed by atoms with Crippen LogP contribution in [0.15, 0.2) is 24.3 Å². The molecular formula is C16H23N3OSi. The molecule has 1 aliphatic rings. The van der Waals surface area contributed by atoms with E-state index in [1.165, 1.54) is 0 Å². The van der Waals surface area contributed by atoms with Gasteiger partial charge in [0.05, 0.1) is 13.6 Å². The molecule has 1 aromatic heterocycles. The lowest BCUT2D eigenvalue weighted by atomic mass is 9.88. The van der Waals surface area contributed by atoms with Gasteiger partial charge in [-0.3, -0.25) is 4.79 Å². The van der Waals surface area contributed by atoms with Crippen LogP contribution in [0.25, 0.3) is 11.0 Å². The van der Waals surface area contributed by atoms with Gasteiger partial charge in [-0.15, -0.1) is 5.10 Å². The molecule has 1 aliphatic carbocycles. The number of rotatable bonds is 3. The Morgan fingerprint density at radius 1 is 1.29 bits per heavy atom. The van der Waals surface area contributed by atoms with Crippen LogP contribution in [-0.4, -0.2) is 28.9 Å². The SMILES string of the molecule is C[Si](C)(C)C(C1CCCC(=O)C1)n1nnc2ccccc21. The Morgan fingerprint density at radius 2 is 2.05 bits per heavy atom. The quantitative estimate of drug-likeness (QED) is 0.814.